The highest BCUT2D eigenvalue weighted by molar-refractivity contribution is 5.68. The Labute approximate surface area is 117 Å². The molecule has 2 N–H and O–H groups in total. The van der Waals surface area contributed by atoms with Gasteiger partial charge in [-0.15, -0.1) is 0 Å². The molecule has 0 radical (unpaired) electrons. The number of rotatable bonds is 8. The van der Waals surface area contributed by atoms with Crippen LogP contribution in [0.3, 0.4) is 0 Å². The molecular weight excluding hydrogens is 242 g/mol. The summed E-state index contributed by atoms with van der Waals surface area (Å²) in [5.41, 5.74) is 5.60. The predicted molar refractivity (Wildman–Crippen MR) is 77.0 cm³/mol. The van der Waals surface area contributed by atoms with Crippen LogP contribution in [0.2, 0.25) is 0 Å². The number of carbonyl (C=O) groups is 1. The molecule has 1 aliphatic rings. The normalized spacial score (nSPS) is 21.5. The third-order valence-electron chi connectivity index (χ3n) is 3.85. The first-order valence-corrected chi connectivity index (χ1v) is 7.40. The minimum absolute atomic E-state index is 0.0937. The molecule has 19 heavy (non-hydrogen) atoms. The van der Waals surface area contributed by atoms with Crippen molar-refractivity contribution >= 4 is 5.97 Å². The fraction of sp³-hybridized carbons (Fsp3) is 0.929. The number of hydrogen-bond donors (Lipinski definition) is 1. The minimum Gasteiger partial charge on any atom is -0.469 e. The molecule has 1 saturated heterocycles. The fourth-order valence-corrected chi connectivity index (χ4v) is 2.65. The van der Waals surface area contributed by atoms with Gasteiger partial charge < -0.3 is 10.5 Å². The van der Waals surface area contributed by atoms with Gasteiger partial charge in [-0.3, -0.25) is 14.6 Å². The molecule has 0 amide bonds. The Morgan fingerprint density at radius 2 is 2.05 bits per heavy atom. The second kappa shape index (κ2) is 9.28. The molecule has 1 heterocycles. The lowest BCUT2D eigenvalue weighted by atomic mass is 10.1. The van der Waals surface area contributed by atoms with Gasteiger partial charge in [-0.2, -0.15) is 0 Å². The van der Waals surface area contributed by atoms with Crippen molar-refractivity contribution in [3.05, 3.63) is 0 Å². The van der Waals surface area contributed by atoms with Crippen LogP contribution < -0.4 is 5.73 Å². The van der Waals surface area contributed by atoms with E-state index in [-0.39, 0.29) is 5.97 Å². The molecule has 0 spiro atoms. The number of esters is 1. The van der Waals surface area contributed by atoms with Crippen LogP contribution >= 0.6 is 0 Å². The summed E-state index contributed by atoms with van der Waals surface area (Å²) >= 11 is 0. The van der Waals surface area contributed by atoms with E-state index in [0.717, 1.165) is 58.5 Å². The molecule has 0 aromatic heterocycles. The maximum Gasteiger partial charge on any atom is 0.305 e. The number of nitrogens with zero attached hydrogens (tertiary/aromatic N) is 2. The van der Waals surface area contributed by atoms with Gasteiger partial charge in [0.2, 0.25) is 0 Å². The van der Waals surface area contributed by atoms with Crippen molar-refractivity contribution in [3.8, 4) is 0 Å². The first-order valence-electron chi connectivity index (χ1n) is 7.40. The van der Waals surface area contributed by atoms with Crippen molar-refractivity contribution < 1.29 is 9.53 Å². The Kier molecular flexibility index (Phi) is 8.02. The van der Waals surface area contributed by atoms with Gasteiger partial charge in [0.25, 0.3) is 0 Å². The average molecular weight is 271 g/mol. The summed E-state index contributed by atoms with van der Waals surface area (Å²) in [5.74, 6) is -0.0937. The van der Waals surface area contributed by atoms with Crippen LogP contribution in [0.1, 0.15) is 32.6 Å². The van der Waals surface area contributed by atoms with Crippen molar-refractivity contribution in [2.75, 3.05) is 46.4 Å². The van der Waals surface area contributed by atoms with Crippen molar-refractivity contribution in [2.45, 2.75) is 38.6 Å². The van der Waals surface area contributed by atoms with E-state index in [4.69, 9.17) is 5.73 Å². The van der Waals surface area contributed by atoms with Gasteiger partial charge in [0, 0.05) is 45.2 Å². The zero-order valence-electron chi connectivity index (χ0n) is 12.4. The second-order valence-corrected chi connectivity index (χ2v) is 5.36. The summed E-state index contributed by atoms with van der Waals surface area (Å²) in [7, 11) is 1.45. The van der Waals surface area contributed by atoms with Crippen LogP contribution in [0.25, 0.3) is 0 Å². The van der Waals surface area contributed by atoms with Crippen LogP contribution in [-0.2, 0) is 9.53 Å². The summed E-state index contributed by atoms with van der Waals surface area (Å²) in [5, 5.41) is 0. The molecule has 0 bridgehead atoms. The van der Waals surface area contributed by atoms with E-state index in [1.54, 1.807) is 0 Å². The fourth-order valence-electron chi connectivity index (χ4n) is 2.65. The predicted octanol–water partition coefficient (Wildman–Crippen LogP) is 0.685. The number of carbonyl (C=O) groups excluding carboxylic acids is 1. The van der Waals surface area contributed by atoms with E-state index in [2.05, 4.69) is 21.5 Å². The topological polar surface area (TPSA) is 58.8 Å². The van der Waals surface area contributed by atoms with Crippen LogP contribution in [0.15, 0.2) is 0 Å². The van der Waals surface area contributed by atoms with Crippen molar-refractivity contribution in [2.24, 2.45) is 5.73 Å². The summed E-state index contributed by atoms with van der Waals surface area (Å²) < 4.78 is 4.63. The van der Waals surface area contributed by atoms with E-state index in [0.29, 0.717) is 12.5 Å². The molecular formula is C14H29N3O2. The smallest absolute Gasteiger partial charge is 0.305 e. The highest BCUT2D eigenvalue weighted by Crippen LogP contribution is 2.11. The Morgan fingerprint density at radius 3 is 2.68 bits per heavy atom. The maximum atomic E-state index is 11.0. The molecule has 1 fully saturated rings. The van der Waals surface area contributed by atoms with Crippen molar-refractivity contribution in [1.29, 1.82) is 0 Å². The Morgan fingerprint density at radius 1 is 1.26 bits per heavy atom. The van der Waals surface area contributed by atoms with Crippen LogP contribution in [-0.4, -0.2) is 68.2 Å². The molecule has 1 aliphatic heterocycles. The Balaban J connectivity index is 2.08. The summed E-state index contributed by atoms with van der Waals surface area (Å²) in [6.45, 7) is 8.58. The highest BCUT2D eigenvalue weighted by Gasteiger charge is 2.22. The zero-order chi connectivity index (χ0) is 14.1. The molecule has 1 atom stereocenters. The van der Waals surface area contributed by atoms with E-state index in [9.17, 15) is 4.79 Å². The van der Waals surface area contributed by atoms with Gasteiger partial charge in [-0.25, -0.2) is 0 Å². The summed E-state index contributed by atoms with van der Waals surface area (Å²) in [6.07, 6.45) is 3.76. The number of methoxy groups -OCH3 is 1. The molecule has 0 aromatic rings. The minimum atomic E-state index is -0.0937. The van der Waals surface area contributed by atoms with E-state index in [1.807, 2.05) is 0 Å². The zero-order valence-corrected chi connectivity index (χ0v) is 12.4. The second-order valence-electron chi connectivity index (χ2n) is 5.36. The lowest BCUT2D eigenvalue weighted by molar-refractivity contribution is -0.140. The molecule has 0 saturated carbocycles. The van der Waals surface area contributed by atoms with Gasteiger partial charge in [0.05, 0.1) is 7.11 Å². The van der Waals surface area contributed by atoms with Crippen LogP contribution in [0.4, 0.5) is 0 Å². The van der Waals surface area contributed by atoms with Crippen molar-refractivity contribution in [3.63, 3.8) is 0 Å². The quantitative estimate of drug-likeness (QED) is 0.520. The van der Waals surface area contributed by atoms with Gasteiger partial charge in [0.1, 0.15) is 0 Å². The Bertz CT molecular complexity index is 261. The summed E-state index contributed by atoms with van der Waals surface area (Å²) in [4.78, 5) is 16.0. The maximum absolute atomic E-state index is 11.0. The monoisotopic (exact) mass is 271 g/mol. The lowest BCUT2D eigenvalue weighted by Crippen LogP contribution is -2.52. The standard InChI is InChI=1S/C14H29N3O2/c1-13-12-16(9-7-15)10-11-17(13)8-5-3-4-6-14(18)19-2/h13H,3-12,15H2,1-2H3/t13-/m0/s1. The van der Waals surface area contributed by atoms with E-state index in [1.165, 1.54) is 7.11 Å². The summed E-state index contributed by atoms with van der Waals surface area (Å²) in [6, 6.07) is 0.612. The number of hydrogen-bond acceptors (Lipinski definition) is 5. The largest absolute Gasteiger partial charge is 0.469 e. The number of ether oxygens (including phenoxy) is 1. The first kappa shape index (κ1) is 16.4. The third kappa shape index (κ3) is 6.36. The molecule has 5 nitrogen and oxygen atoms in total. The average Bonchev–Trinajstić information content (AvgIpc) is 2.40. The van der Waals surface area contributed by atoms with Crippen molar-refractivity contribution in [1.82, 2.24) is 9.80 Å². The number of unbranched alkanes of at least 4 members (excludes halogenated alkanes) is 2. The number of piperazine rings is 1. The van der Waals surface area contributed by atoms with Gasteiger partial charge in [-0.05, 0) is 26.3 Å². The van der Waals surface area contributed by atoms with Crippen LogP contribution in [0, 0.1) is 0 Å². The number of nitrogens with two attached hydrogens (primary N) is 1. The molecule has 0 aliphatic carbocycles. The molecule has 0 unspecified atom stereocenters. The van der Waals surface area contributed by atoms with Gasteiger partial charge in [-0.1, -0.05) is 6.42 Å². The Hall–Kier alpha value is -0.650. The lowest BCUT2D eigenvalue weighted by Gasteiger charge is -2.39. The SMILES string of the molecule is COC(=O)CCCCCN1CCN(CCN)C[C@@H]1C. The van der Waals surface area contributed by atoms with E-state index < -0.39 is 0 Å². The third-order valence-corrected chi connectivity index (χ3v) is 3.85. The van der Waals surface area contributed by atoms with Gasteiger partial charge >= 0.3 is 5.97 Å². The highest BCUT2D eigenvalue weighted by atomic mass is 16.5. The molecule has 0 aromatic carbocycles. The first-order chi connectivity index (χ1) is 9.17. The molecule has 112 valence electrons. The van der Waals surface area contributed by atoms with Crippen LogP contribution in [0.5, 0.6) is 0 Å². The van der Waals surface area contributed by atoms with E-state index >= 15 is 0 Å². The molecule has 1 rings (SSSR count). The molecule has 5 heteroatoms. The van der Waals surface area contributed by atoms with Gasteiger partial charge in [0.15, 0.2) is 0 Å².